The molecule has 3 heteroatoms. The van der Waals surface area contributed by atoms with Gasteiger partial charge in [-0.2, -0.15) is 0 Å². The van der Waals surface area contributed by atoms with E-state index < -0.39 is 8.07 Å². The molecular weight excluding hydrogens is 276 g/mol. The second-order valence-corrected chi connectivity index (χ2v) is 12.3. The highest BCUT2D eigenvalue weighted by Gasteiger charge is 2.55. The molecule has 1 aromatic carbocycles. The summed E-state index contributed by atoms with van der Waals surface area (Å²) in [4.78, 5) is 12.2. The van der Waals surface area contributed by atoms with E-state index in [2.05, 4.69) is 57.3 Å². The Morgan fingerprint density at radius 2 is 1.76 bits per heavy atom. The van der Waals surface area contributed by atoms with Gasteiger partial charge in [-0.3, -0.25) is 4.79 Å². The van der Waals surface area contributed by atoms with Gasteiger partial charge in [0.25, 0.3) is 0 Å². The number of carbonyl (C=O) groups excluding carboxylic acids is 1. The first-order valence-corrected chi connectivity index (χ1v) is 11.2. The maximum atomic E-state index is 12.2. The highest BCUT2D eigenvalue weighted by atomic mass is 28.3. The SMILES string of the molecule is C[C@@H]1COC(=O)[C@@H]2C[C@H](C)[C@@H]([Si](C)(C)c3ccccc3)[C@H]12. The van der Waals surface area contributed by atoms with E-state index in [-0.39, 0.29) is 11.9 Å². The van der Waals surface area contributed by atoms with Crippen LogP contribution in [0, 0.1) is 23.7 Å². The van der Waals surface area contributed by atoms with Crippen molar-refractivity contribution in [2.24, 2.45) is 23.7 Å². The number of hydrogen-bond donors (Lipinski definition) is 0. The summed E-state index contributed by atoms with van der Waals surface area (Å²) in [5.74, 6) is 1.84. The zero-order valence-corrected chi connectivity index (χ0v) is 14.5. The van der Waals surface area contributed by atoms with Crippen LogP contribution in [0.2, 0.25) is 18.6 Å². The normalized spacial score (nSPS) is 36.2. The topological polar surface area (TPSA) is 26.3 Å². The highest BCUT2D eigenvalue weighted by molar-refractivity contribution is 6.91. The van der Waals surface area contributed by atoms with Gasteiger partial charge >= 0.3 is 5.97 Å². The van der Waals surface area contributed by atoms with E-state index in [0.29, 0.717) is 29.9 Å². The Morgan fingerprint density at radius 3 is 2.43 bits per heavy atom. The fourth-order valence-electron chi connectivity index (χ4n) is 5.02. The molecule has 0 N–H and O–H groups in total. The lowest BCUT2D eigenvalue weighted by Crippen LogP contribution is -2.51. The Morgan fingerprint density at radius 1 is 1.10 bits per heavy atom. The second kappa shape index (κ2) is 5.27. The van der Waals surface area contributed by atoms with E-state index in [9.17, 15) is 4.79 Å². The van der Waals surface area contributed by atoms with Crippen LogP contribution in [-0.2, 0) is 9.53 Å². The second-order valence-electron chi connectivity index (χ2n) is 7.62. The Hall–Kier alpha value is -1.09. The molecule has 0 bridgehead atoms. The van der Waals surface area contributed by atoms with E-state index in [1.807, 2.05) is 0 Å². The molecule has 114 valence electrons. The standard InChI is InChI=1S/C18H26O2Si/c1-12-10-15-16(13(2)11-20-18(15)19)17(12)21(3,4)14-8-6-5-7-9-14/h5-9,12-13,15-17H,10-11H2,1-4H3/t12-,13+,15+,16+,17+/m0/s1. The van der Waals surface area contributed by atoms with Crippen molar-refractivity contribution in [3.05, 3.63) is 30.3 Å². The molecule has 2 fully saturated rings. The Kier molecular flexibility index (Phi) is 3.72. The number of hydrogen-bond acceptors (Lipinski definition) is 2. The molecule has 0 spiro atoms. The summed E-state index contributed by atoms with van der Waals surface area (Å²) >= 11 is 0. The van der Waals surface area contributed by atoms with Crippen molar-refractivity contribution >= 4 is 19.2 Å². The third-order valence-corrected chi connectivity index (χ3v) is 10.4. The van der Waals surface area contributed by atoms with Crippen LogP contribution in [0.4, 0.5) is 0 Å². The van der Waals surface area contributed by atoms with Crippen LogP contribution in [0.1, 0.15) is 20.3 Å². The third kappa shape index (κ3) is 2.35. The lowest BCUT2D eigenvalue weighted by Gasteiger charge is -2.42. The van der Waals surface area contributed by atoms with E-state index in [4.69, 9.17) is 4.74 Å². The summed E-state index contributed by atoms with van der Waals surface area (Å²) in [5.41, 5.74) is 0.674. The molecule has 0 unspecified atom stereocenters. The molecule has 5 atom stereocenters. The van der Waals surface area contributed by atoms with Crippen molar-refractivity contribution in [2.75, 3.05) is 6.61 Å². The van der Waals surface area contributed by atoms with Gasteiger partial charge in [-0.25, -0.2) is 0 Å². The van der Waals surface area contributed by atoms with Gasteiger partial charge in [-0.15, -0.1) is 0 Å². The maximum Gasteiger partial charge on any atom is 0.309 e. The van der Waals surface area contributed by atoms with Gasteiger partial charge in [0.15, 0.2) is 0 Å². The average Bonchev–Trinajstić information content (AvgIpc) is 2.83. The van der Waals surface area contributed by atoms with Crippen LogP contribution >= 0.6 is 0 Å². The van der Waals surface area contributed by atoms with Gasteiger partial charge < -0.3 is 4.74 Å². The molecule has 0 radical (unpaired) electrons. The predicted octanol–water partition coefficient (Wildman–Crippen LogP) is 3.44. The Labute approximate surface area is 128 Å². The van der Waals surface area contributed by atoms with Gasteiger partial charge in [-0.05, 0) is 29.7 Å². The van der Waals surface area contributed by atoms with E-state index in [0.717, 1.165) is 6.42 Å². The summed E-state index contributed by atoms with van der Waals surface area (Å²) in [5, 5.41) is 1.52. The monoisotopic (exact) mass is 302 g/mol. The van der Waals surface area contributed by atoms with E-state index >= 15 is 0 Å². The minimum atomic E-state index is -1.60. The smallest absolute Gasteiger partial charge is 0.309 e. The zero-order chi connectivity index (χ0) is 15.2. The van der Waals surface area contributed by atoms with Crippen LogP contribution in [0.15, 0.2) is 30.3 Å². The summed E-state index contributed by atoms with van der Waals surface area (Å²) in [6.45, 7) is 10.2. The molecule has 1 heterocycles. The van der Waals surface area contributed by atoms with Gasteiger partial charge in [0.2, 0.25) is 0 Å². The quantitative estimate of drug-likeness (QED) is 0.618. The number of fused-ring (bicyclic) bond motifs is 1. The molecule has 1 aromatic rings. The van der Waals surface area contributed by atoms with Gasteiger partial charge in [0, 0.05) is 0 Å². The predicted molar refractivity (Wildman–Crippen MR) is 88.2 cm³/mol. The van der Waals surface area contributed by atoms with Crippen molar-refractivity contribution in [1.29, 1.82) is 0 Å². The van der Waals surface area contributed by atoms with Crippen LogP contribution in [0.25, 0.3) is 0 Å². The maximum absolute atomic E-state index is 12.2. The first-order valence-electron chi connectivity index (χ1n) is 8.15. The van der Waals surface area contributed by atoms with Crippen molar-refractivity contribution < 1.29 is 9.53 Å². The molecule has 3 rings (SSSR count). The molecule has 21 heavy (non-hydrogen) atoms. The number of cyclic esters (lactones) is 1. The number of carbonyl (C=O) groups is 1. The van der Waals surface area contributed by atoms with Crippen molar-refractivity contribution in [3.8, 4) is 0 Å². The lowest BCUT2D eigenvalue weighted by molar-refractivity contribution is -0.159. The summed E-state index contributed by atoms with van der Waals surface area (Å²) < 4.78 is 5.40. The first kappa shape index (κ1) is 14.8. The molecular formula is C18H26O2Si. The van der Waals surface area contributed by atoms with Crippen LogP contribution in [0.5, 0.6) is 0 Å². The molecule has 1 aliphatic heterocycles. The minimum absolute atomic E-state index is 0.0605. The van der Waals surface area contributed by atoms with E-state index in [1.54, 1.807) is 0 Å². The fourth-order valence-corrected chi connectivity index (χ4v) is 9.54. The minimum Gasteiger partial charge on any atom is -0.465 e. The zero-order valence-electron chi connectivity index (χ0n) is 13.5. The number of rotatable bonds is 2. The Bertz CT molecular complexity index is 525. The molecule has 2 aliphatic rings. The molecule has 0 amide bonds. The molecule has 1 saturated carbocycles. The molecule has 1 saturated heterocycles. The van der Waals surface area contributed by atoms with Crippen molar-refractivity contribution in [3.63, 3.8) is 0 Å². The number of benzene rings is 1. The van der Waals surface area contributed by atoms with E-state index in [1.165, 1.54) is 5.19 Å². The molecule has 0 aromatic heterocycles. The largest absolute Gasteiger partial charge is 0.465 e. The van der Waals surface area contributed by atoms with Crippen LogP contribution in [-0.4, -0.2) is 20.7 Å². The molecule has 2 nitrogen and oxygen atoms in total. The fraction of sp³-hybridized carbons (Fsp3) is 0.611. The highest BCUT2D eigenvalue weighted by Crippen LogP contribution is 2.55. The lowest BCUT2D eigenvalue weighted by atomic mass is 9.83. The van der Waals surface area contributed by atoms with Crippen molar-refractivity contribution in [2.45, 2.75) is 38.9 Å². The summed E-state index contributed by atoms with van der Waals surface area (Å²) in [7, 11) is -1.60. The van der Waals surface area contributed by atoms with Gasteiger partial charge in [-0.1, -0.05) is 62.5 Å². The number of ether oxygens (including phenoxy) is 1. The third-order valence-electron chi connectivity index (χ3n) is 5.92. The van der Waals surface area contributed by atoms with Gasteiger partial charge in [0.05, 0.1) is 20.6 Å². The van der Waals surface area contributed by atoms with Crippen LogP contribution in [0.3, 0.4) is 0 Å². The molecule has 1 aliphatic carbocycles. The summed E-state index contributed by atoms with van der Waals surface area (Å²) in [6, 6.07) is 11.0. The Balaban J connectivity index is 1.98. The average molecular weight is 302 g/mol. The van der Waals surface area contributed by atoms with Crippen LogP contribution < -0.4 is 5.19 Å². The van der Waals surface area contributed by atoms with Gasteiger partial charge in [0.1, 0.15) is 0 Å². The number of esters is 1. The summed E-state index contributed by atoms with van der Waals surface area (Å²) in [6.07, 6.45) is 1.02. The first-order chi connectivity index (χ1) is 9.93. The van der Waals surface area contributed by atoms with Crippen molar-refractivity contribution in [1.82, 2.24) is 0 Å².